The predicted molar refractivity (Wildman–Crippen MR) is 106 cm³/mol. The van der Waals surface area contributed by atoms with Crippen LogP contribution in [0.2, 0.25) is 0 Å². The molecule has 3 aromatic rings. The van der Waals surface area contributed by atoms with Crippen molar-refractivity contribution >= 4 is 10.8 Å². The van der Waals surface area contributed by atoms with E-state index >= 15 is 0 Å². The maximum atomic E-state index is 13.8. The molecule has 0 amide bonds. The number of rotatable bonds is 2. The molecule has 1 aliphatic rings. The molecule has 26 heavy (non-hydrogen) atoms. The molecule has 0 radical (unpaired) electrons. The second-order valence-corrected chi connectivity index (χ2v) is 7.92. The van der Waals surface area contributed by atoms with E-state index < -0.39 is 0 Å². The van der Waals surface area contributed by atoms with Crippen LogP contribution in [0.5, 0.6) is 0 Å². The third kappa shape index (κ3) is 2.82. The van der Waals surface area contributed by atoms with Gasteiger partial charge in [0.1, 0.15) is 12.9 Å². The van der Waals surface area contributed by atoms with Gasteiger partial charge >= 0.3 is 0 Å². The van der Waals surface area contributed by atoms with Crippen molar-refractivity contribution in [2.24, 2.45) is 7.05 Å². The van der Waals surface area contributed by atoms with E-state index in [1.165, 1.54) is 53.6 Å². The van der Waals surface area contributed by atoms with E-state index in [-0.39, 0.29) is 5.82 Å². The van der Waals surface area contributed by atoms with E-state index in [0.29, 0.717) is 5.92 Å². The Bertz CT molecular complexity index is 997. The number of aryl methyl sites for hydroxylation is 2. The first kappa shape index (κ1) is 17.2. The molecule has 0 atom stereocenters. The first-order valence-electron chi connectivity index (χ1n) is 9.66. The Morgan fingerprint density at radius 3 is 2.42 bits per heavy atom. The van der Waals surface area contributed by atoms with E-state index in [2.05, 4.69) is 50.6 Å². The number of pyridine rings is 1. The number of nitrogens with zero attached hydrogens (tertiary/aromatic N) is 1. The minimum absolute atomic E-state index is 0.177. The minimum atomic E-state index is -0.177. The van der Waals surface area contributed by atoms with Gasteiger partial charge in [0.15, 0.2) is 5.69 Å². The number of benzene rings is 2. The monoisotopic (exact) mass is 348 g/mol. The molecule has 1 heterocycles. The van der Waals surface area contributed by atoms with Crippen molar-refractivity contribution in [3.05, 3.63) is 64.6 Å². The van der Waals surface area contributed by atoms with Crippen LogP contribution in [-0.2, 0) is 7.05 Å². The molecule has 2 heteroatoms. The fourth-order valence-electron chi connectivity index (χ4n) is 4.50. The topological polar surface area (TPSA) is 3.88 Å². The molecule has 0 bridgehead atoms. The van der Waals surface area contributed by atoms with Crippen molar-refractivity contribution < 1.29 is 8.96 Å². The normalized spacial score (nSPS) is 15.1. The maximum absolute atomic E-state index is 13.8. The van der Waals surface area contributed by atoms with Gasteiger partial charge in [-0.2, -0.15) is 4.57 Å². The standard InChI is InChI=1S/C24H27FN/c1-15-11-19(18-7-5-6-8-18)14-23(17(15)3)24-22-10-9-21(25)13-20(22)12-16(2)26(24)4/h9-14,18H,5-8H2,1-4H3/q+1. The smallest absolute Gasteiger partial charge is 0.207 e. The number of fused-ring (bicyclic) bond motifs is 1. The number of aromatic nitrogens is 1. The van der Waals surface area contributed by atoms with Crippen LogP contribution in [0.3, 0.4) is 0 Å². The van der Waals surface area contributed by atoms with Crippen LogP contribution in [0.4, 0.5) is 4.39 Å². The maximum Gasteiger partial charge on any atom is 0.220 e. The molecule has 1 nitrogen and oxygen atoms in total. The van der Waals surface area contributed by atoms with E-state index in [1.54, 1.807) is 12.1 Å². The van der Waals surface area contributed by atoms with Gasteiger partial charge in [-0.25, -0.2) is 4.39 Å². The summed E-state index contributed by atoms with van der Waals surface area (Å²) in [5.74, 6) is 0.510. The van der Waals surface area contributed by atoms with Crippen LogP contribution >= 0.6 is 0 Å². The second kappa shape index (κ2) is 6.50. The molecule has 1 fully saturated rings. The van der Waals surface area contributed by atoms with Crippen LogP contribution in [-0.4, -0.2) is 0 Å². The van der Waals surface area contributed by atoms with Crippen molar-refractivity contribution in [2.45, 2.75) is 52.4 Å². The molecule has 0 N–H and O–H groups in total. The van der Waals surface area contributed by atoms with E-state index in [1.807, 2.05) is 6.07 Å². The summed E-state index contributed by atoms with van der Waals surface area (Å²) in [5, 5.41) is 2.09. The highest BCUT2D eigenvalue weighted by Gasteiger charge is 2.24. The summed E-state index contributed by atoms with van der Waals surface area (Å²) in [6.07, 6.45) is 5.28. The van der Waals surface area contributed by atoms with Gasteiger partial charge in [0.25, 0.3) is 0 Å². The first-order chi connectivity index (χ1) is 12.5. The SMILES string of the molecule is Cc1cc(C2CCCC2)cc(-c2c3ccc(F)cc3cc(C)[n+]2C)c1C. The Labute approximate surface area is 155 Å². The number of hydrogen-bond donors (Lipinski definition) is 0. The summed E-state index contributed by atoms with van der Waals surface area (Å²) in [6, 6.07) is 12.0. The minimum Gasteiger partial charge on any atom is -0.207 e. The van der Waals surface area contributed by atoms with Gasteiger partial charge in [-0.3, -0.25) is 0 Å². The Morgan fingerprint density at radius 2 is 1.69 bits per heavy atom. The van der Waals surface area contributed by atoms with Crippen LogP contribution in [0.1, 0.15) is 54.0 Å². The Balaban J connectivity index is 2.02. The number of hydrogen-bond acceptors (Lipinski definition) is 0. The molecule has 0 spiro atoms. The molecule has 134 valence electrons. The molecule has 0 unspecified atom stereocenters. The van der Waals surface area contributed by atoms with Crippen LogP contribution in [0.25, 0.3) is 22.0 Å². The quantitative estimate of drug-likeness (QED) is 0.496. The lowest BCUT2D eigenvalue weighted by Gasteiger charge is -2.17. The zero-order valence-electron chi connectivity index (χ0n) is 16.2. The van der Waals surface area contributed by atoms with Gasteiger partial charge in [-0.05, 0) is 78.9 Å². The van der Waals surface area contributed by atoms with Gasteiger partial charge in [0.2, 0.25) is 5.69 Å². The fourth-order valence-corrected chi connectivity index (χ4v) is 4.50. The summed E-state index contributed by atoms with van der Waals surface area (Å²) < 4.78 is 16.1. The Morgan fingerprint density at radius 1 is 0.962 bits per heavy atom. The molecule has 1 saturated carbocycles. The Hall–Kier alpha value is -2.22. The summed E-state index contributed by atoms with van der Waals surface area (Å²) in [5.41, 5.74) is 7.76. The third-order valence-corrected chi connectivity index (χ3v) is 6.27. The van der Waals surface area contributed by atoms with Gasteiger partial charge < -0.3 is 0 Å². The lowest BCUT2D eigenvalue weighted by Crippen LogP contribution is -2.35. The lowest BCUT2D eigenvalue weighted by molar-refractivity contribution is -0.665. The highest BCUT2D eigenvalue weighted by Crippen LogP contribution is 2.38. The summed E-state index contributed by atoms with van der Waals surface area (Å²) in [6.45, 7) is 6.52. The zero-order valence-corrected chi connectivity index (χ0v) is 16.2. The molecule has 1 aromatic heterocycles. The molecule has 4 rings (SSSR count). The van der Waals surface area contributed by atoms with Crippen molar-refractivity contribution in [3.63, 3.8) is 0 Å². The number of halogens is 1. The van der Waals surface area contributed by atoms with Crippen molar-refractivity contribution in [2.75, 3.05) is 0 Å². The van der Waals surface area contributed by atoms with Crippen LogP contribution < -0.4 is 4.57 Å². The highest BCUT2D eigenvalue weighted by molar-refractivity contribution is 5.94. The van der Waals surface area contributed by atoms with Crippen LogP contribution in [0.15, 0.2) is 36.4 Å². The van der Waals surface area contributed by atoms with Gasteiger partial charge in [-0.15, -0.1) is 0 Å². The van der Waals surface area contributed by atoms with Crippen molar-refractivity contribution in [3.8, 4) is 11.3 Å². The van der Waals surface area contributed by atoms with Crippen molar-refractivity contribution in [1.29, 1.82) is 0 Å². The third-order valence-electron chi connectivity index (χ3n) is 6.27. The van der Waals surface area contributed by atoms with E-state index in [9.17, 15) is 4.39 Å². The molecular formula is C24H27FN+. The van der Waals surface area contributed by atoms with Gasteiger partial charge in [0.05, 0.1) is 10.9 Å². The summed E-state index contributed by atoms with van der Waals surface area (Å²) >= 11 is 0. The van der Waals surface area contributed by atoms with E-state index in [4.69, 9.17) is 0 Å². The molecule has 1 aliphatic carbocycles. The fraction of sp³-hybridized carbons (Fsp3) is 0.375. The van der Waals surface area contributed by atoms with Crippen LogP contribution in [0, 0.1) is 26.6 Å². The van der Waals surface area contributed by atoms with Gasteiger partial charge in [-0.1, -0.05) is 18.9 Å². The lowest BCUT2D eigenvalue weighted by atomic mass is 9.89. The summed E-state index contributed by atoms with van der Waals surface area (Å²) in [7, 11) is 2.12. The molecule has 0 aliphatic heterocycles. The Kier molecular flexibility index (Phi) is 4.30. The molecule has 0 saturated heterocycles. The second-order valence-electron chi connectivity index (χ2n) is 7.92. The average Bonchev–Trinajstić information content (AvgIpc) is 3.14. The van der Waals surface area contributed by atoms with E-state index in [0.717, 1.165) is 16.5 Å². The zero-order chi connectivity index (χ0) is 18.4. The predicted octanol–water partition coefficient (Wildman–Crippen LogP) is 6.05. The highest BCUT2D eigenvalue weighted by atomic mass is 19.1. The average molecular weight is 348 g/mol. The van der Waals surface area contributed by atoms with Crippen molar-refractivity contribution in [1.82, 2.24) is 0 Å². The largest absolute Gasteiger partial charge is 0.220 e. The summed E-state index contributed by atoms with van der Waals surface area (Å²) in [4.78, 5) is 0. The molecule has 2 aromatic carbocycles. The first-order valence-corrected chi connectivity index (χ1v) is 9.66. The van der Waals surface area contributed by atoms with Gasteiger partial charge in [0, 0.05) is 13.0 Å². The molecular weight excluding hydrogens is 321 g/mol.